The van der Waals surface area contributed by atoms with Gasteiger partial charge in [0.15, 0.2) is 0 Å². The zero-order chi connectivity index (χ0) is 7.28. The van der Waals surface area contributed by atoms with Gasteiger partial charge in [0.05, 0.1) is 0 Å². The van der Waals surface area contributed by atoms with Crippen LogP contribution in [0.25, 0.3) is 0 Å². The Balaban J connectivity index is 0. The Morgan fingerprint density at radius 1 is 1.60 bits per heavy atom. The molecule has 0 saturated heterocycles. The highest BCUT2D eigenvalue weighted by atomic mass is 16.4. The van der Waals surface area contributed by atoms with Gasteiger partial charge in [-0.1, -0.05) is 19.9 Å². The molecule has 0 fully saturated rings. The summed E-state index contributed by atoms with van der Waals surface area (Å²) in [6.07, 6.45) is 2.56. The minimum atomic E-state index is -0.872. The van der Waals surface area contributed by atoms with E-state index in [9.17, 15) is 4.79 Å². The highest BCUT2D eigenvalue weighted by Crippen LogP contribution is 2.03. The Kier molecular flexibility index (Phi) is 7.49. The van der Waals surface area contributed by atoms with E-state index in [4.69, 9.17) is 5.11 Å². The van der Waals surface area contributed by atoms with E-state index in [1.807, 2.05) is 6.92 Å². The van der Waals surface area contributed by atoms with Gasteiger partial charge >= 0.3 is 5.97 Å². The predicted molar refractivity (Wildman–Crippen MR) is 41.3 cm³/mol. The SMILES string of the molecule is C=C(CCCC)C(=O)O.N. The summed E-state index contributed by atoms with van der Waals surface area (Å²) in [6.45, 7) is 5.42. The van der Waals surface area contributed by atoms with E-state index in [-0.39, 0.29) is 6.15 Å². The largest absolute Gasteiger partial charge is 0.478 e. The summed E-state index contributed by atoms with van der Waals surface area (Å²) in [7, 11) is 0. The second-order valence-corrected chi connectivity index (χ2v) is 2.01. The first kappa shape index (κ1) is 11.9. The molecule has 4 N–H and O–H groups in total. The van der Waals surface area contributed by atoms with E-state index < -0.39 is 5.97 Å². The topological polar surface area (TPSA) is 72.3 Å². The van der Waals surface area contributed by atoms with E-state index in [1.54, 1.807) is 0 Å². The van der Waals surface area contributed by atoms with Gasteiger partial charge in [-0.15, -0.1) is 0 Å². The molecule has 0 atom stereocenters. The van der Waals surface area contributed by atoms with Crippen LogP contribution in [0.2, 0.25) is 0 Å². The highest BCUT2D eigenvalue weighted by Gasteiger charge is 2.00. The molecule has 0 bridgehead atoms. The number of carboxylic acids is 1. The molecule has 0 unspecified atom stereocenters. The van der Waals surface area contributed by atoms with Crippen molar-refractivity contribution in [2.75, 3.05) is 0 Å². The molecule has 0 radical (unpaired) electrons. The molecule has 3 nitrogen and oxygen atoms in total. The summed E-state index contributed by atoms with van der Waals surface area (Å²) < 4.78 is 0. The Morgan fingerprint density at radius 3 is 2.40 bits per heavy atom. The van der Waals surface area contributed by atoms with Crippen LogP contribution in [0.4, 0.5) is 0 Å². The van der Waals surface area contributed by atoms with Crippen LogP contribution in [0.1, 0.15) is 26.2 Å². The molecule has 0 aromatic rings. The van der Waals surface area contributed by atoms with Gasteiger partial charge in [-0.2, -0.15) is 0 Å². The van der Waals surface area contributed by atoms with Crippen molar-refractivity contribution in [2.24, 2.45) is 0 Å². The highest BCUT2D eigenvalue weighted by molar-refractivity contribution is 5.85. The molecule has 0 aromatic heterocycles. The Hall–Kier alpha value is -0.830. The first-order valence-corrected chi connectivity index (χ1v) is 3.09. The van der Waals surface area contributed by atoms with Crippen molar-refractivity contribution in [3.63, 3.8) is 0 Å². The van der Waals surface area contributed by atoms with Gasteiger partial charge in [-0.05, 0) is 12.8 Å². The zero-order valence-corrected chi connectivity index (χ0v) is 6.39. The first-order chi connectivity index (χ1) is 4.18. The molecule has 0 saturated carbocycles. The molecule has 0 aromatic carbocycles. The lowest BCUT2D eigenvalue weighted by atomic mass is 10.1. The molecule has 0 amide bonds. The molecule has 0 spiro atoms. The van der Waals surface area contributed by atoms with Gasteiger partial charge in [-0.3, -0.25) is 0 Å². The van der Waals surface area contributed by atoms with Crippen molar-refractivity contribution >= 4 is 5.97 Å². The average molecular weight is 145 g/mol. The van der Waals surface area contributed by atoms with Gasteiger partial charge in [-0.25, -0.2) is 4.79 Å². The monoisotopic (exact) mass is 145 g/mol. The van der Waals surface area contributed by atoms with Crippen molar-refractivity contribution in [3.05, 3.63) is 12.2 Å². The maximum Gasteiger partial charge on any atom is 0.330 e. The van der Waals surface area contributed by atoms with Crippen molar-refractivity contribution in [1.29, 1.82) is 0 Å². The van der Waals surface area contributed by atoms with Crippen LogP contribution in [0, 0.1) is 0 Å². The van der Waals surface area contributed by atoms with Crippen molar-refractivity contribution in [3.8, 4) is 0 Å². The van der Waals surface area contributed by atoms with Crippen LogP contribution < -0.4 is 6.15 Å². The van der Waals surface area contributed by atoms with Crippen LogP contribution >= 0.6 is 0 Å². The Labute approximate surface area is 61.3 Å². The fourth-order valence-electron chi connectivity index (χ4n) is 0.497. The fraction of sp³-hybridized carbons (Fsp3) is 0.571. The van der Waals surface area contributed by atoms with E-state index in [2.05, 4.69) is 6.58 Å². The smallest absolute Gasteiger partial charge is 0.330 e. The van der Waals surface area contributed by atoms with Gasteiger partial charge < -0.3 is 11.3 Å². The lowest BCUT2D eigenvalue weighted by Gasteiger charge is -1.95. The van der Waals surface area contributed by atoms with Crippen LogP contribution in [0.5, 0.6) is 0 Å². The van der Waals surface area contributed by atoms with E-state index >= 15 is 0 Å². The first-order valence-electron chi connectivity index (χ1n) is 3.09. The van der Waals surface area contributed by atoms with Crippen molar-refractivity contribution in [1.82, 2.24) is 6.15 Å². The third kappa shape index (κ3) is 5.31. The number of carboxylic acid groups (broad SMARTS) is 1. The van der Waals surface area contributed by atoms with Crippen LogP contribution in [0.15, 0.2) is 12.2 Å². The molecule has 0 rings (SSSR count). The minimum absolute atomic E-state index is 0. The van der Waals surface area contributed by atoms with Gasteiger partial charge in [0.2, 0.25) is 0 Å². The second-order valence-electron chi connectivity index (χ2n) is 2.01. The molecule has 60 valence electrons. The Morgan fingerprint density at radius 2 is 2.10 bits per heavy atom. The third-order valence-corrected chi connectivity index (χ3v) is 1.13. The molecule has 10 heavy (non-hydrogen) atoms. The fourth-order valence-corrected chi connectivity index (χ4v) is 0.497. The normalized spacial score (nSPS) is 8.10. The van der Waals surface area contributed by atoms with Gasteiger partial charge in [0.25, 0.3) is 0 Å². The molecule has 0 aliphatic carbocycles. The number of hydrogen-bond donors (Lipinski definition) is 2. The average Bonchev–Trinajstić information content (AvgIpc) is 1.82. The summed E-state index contributed by atoms with van der Waals surface area (Å²) in [4.78, 5) is 10.1. The summed E-state index contributed by atoms with van der Waals surface area (Å²) in [5.41, 5.74) is 0.317. The van der Waals surface area contributed by atoms with E-state index in [0.717, 1.165) is 12.8 Å². The summed E-state index contributed by atoms with van der Waals surface area (Å²) in [6, 6.07) is 0. The number of rotatable bonds is 4. The molecule has 0 aliphatic rings. The number of carbonyl (C=O) groups is 1. The van der Waals surface area contributed by atoms with Crippen LogP contribution in [-0.4, -0.2) is 11.1 Å². The summed E-state index contributed by atoms with van der Waals surface area (Å²) in [5.74, 6) is -0.872. The second kappa shape index (κ2) is 6.29. The predicted octanol–water partition coefficient (Wildman–Crippen LogP) is 1.98. The van der Waals surface area contributed by atoms with Crippen molar-refractivity contribution < 1.29 is 9.90 Å². The third-order valence-electron chi connectivity index (χ3n) is 1.13. The standard InChI is InChI=1S/C7H12O2.H3N/c1-3-4-5-6(2)7(8)9;/h2-5H2,1H3,(H,8,9);1H3. The zero-order valence-electron chi connectivity index (χ0n) is 6.39. The lowest BCUT2D eigenvalue weighted by molar-refractivity contribution is -0.132. The lowest BCUT2D eigenvalue weighted by Crippen LogP contribution is -1.97. The van der Waals surface area contributed by atoms with Gasteiger partial charge in [0, 0.05) is 5.57 Å². The minimum Gasteiger partial charge on any atom is -0.478 e. The maximum absolute atomic E-state index is 10.1. The molecular formula is C7H15NO2. The molecule has 3 heteroatoms. The van der Waals surface area contributed by atoms with Crippen LogP contribution in [0.3, 0.4) is 0 Å². The molecule has 0 aliphatic heterocycles. The Bertz CT molecular complexity index is 121. The summed E-state index contributed by atoms with van der Waals surface area (Å²) in [5, 5.41) is 8.31. The van der Waals surface area contributed by atoms with E-state index in [0.29, 0.717) is 12.0 Å². The molecular weight excluding hydrogens is 130 g/mol. The molecule has 0 heterocycles. The van der Waals surface area contributed by atoms with Gasteiger partial charge in [0.1, 0.15) is 0 Å². The van der Waals surface area contributed by atoms with E-state index in [1.165, 1.54) is 0 Å². The van der Waals surface area contributed by atoms with Crippen molar-refractivity contribution in [2.45, 2.75) is 26.2 Å². The quantitative estimate of drug-likeness (QED) is 0.594. The number of hydrogen-bond acceptors (Lipinski definition) is 2. The van der Waals surface area contributed by atoms with Crippen LogP contribution in [-0.2, 0) is 4.79 Å². The summed E-state index contributed by atoms with van der Waals surface area (Å²) >= 11 is 0. The number of aliphatic carboxylic acids is 1. The number of unbranched alkanes of at least 4 members (excludes halogenated alkanes) is 1. The maximum atomic E-state index is 10.1.